The van der Waals surface area contributed by atoms with Crippen LogP contribution in [0.1, 0.15) is 38.3 Å². The second-order valence-corrected chi connectivity index (χ2v) is 8.33. The van der Waals surface area contributed by atoms with Crippen LogP contribution in [0.5, 0.6) is 0 Å². The minimum Gasteiger partial charge on any atom is -0.384 e. The highest BCUT2D eigenvalue weighted by atomic mass is 16.5. The zero-order valence-electron chi connectivity index (χ0n) is 17.7. The van der Waals surface area contributed by atoms with Gasteiger partial charge < -0.3 is 19.9 Å². The Balaban J connectivity index is 1.88. The molecule has 0 spiro atoms. The Bertz CT molecular complexity index is 916. The lowest BCUT2D eigenvalue weighted by atomic mass is 9.82. The summed E-state index contributed by atoms with van der Waals surface area (Å²) in [4.78, 5) is 26.6. The van der Waals surface area contributed by atoms with Crippen LogP contribution >= 0.6 is 0 Å². The molecule has 2 aromatic rings. The molecule has 1 aliphatic rings. The van der Waals surface area contributed by atoms with E-state index in [0.717, 1.165) is 29.7 Å². The molecule has 0 radical (unpaired) electrons. The van der Waals surface area contributed by atoms with Crippen molar-refractivity contribution in [3.63, 3.8) is 0 Å². The first-order chi connectivity index (χ1) is 13.8. The van der Waals surface area contributed by atoms with Crippen LogP contribution in [0.25, 0.3) is 0 Å². The van der Waals surface area contributed by atoms with Crippen molar-refractivity contribution in [1.29, 1.82) is 0 Å². The minimum atomic E-state index is -0.120. The van der Waals surface area contributed by atoms with Crippen molar-refractivity contribution in [3.8, 4) is 0 Å². The Morgan fingerprint density at radius 1 is 0.828 bits per heavy atom. The van der Waals surface area contributed by atoms with Gasteiger partial charge in [-0.05, 0) is 12.1 Å². The molecule has 0 atom stereocenters. The van der Waals surface area contributed by atoms with E-state index in [0.29, 0.717) is 41.1 Å². The lowest BCUT2D eigenvalue weighted by Gasteiger charge is -2.25. The molecule has 1 aliphatic carbocycles. The predicted octanol–water partition coefficient (Wildman–Crippen LogP) is 3.03. The average molecular weight is 397 g/mol. The van der Waals surface area contributed by atoms with Crippen molar-refractivity contribution in [2.24, 2.45) is 0 Å². The van der Waals surface area contributed by atoms with Gasteiger partial charge in [0, 0.05) is 49.1 Å². The van der Waals surface area contributed by atoms with E-state index in [9.17, 15) is 9.59 Å². The molecule has 0 aliphatic heterocycles. The molecule has 0 heterocycles. The first-order valence-corrected chi connectivity index (χ1v) is 9.96. The van der Waals surface area contributed by atoms with Crippen molar-refractivity contribution in [3.05, 3.63) is 58.7 Å². The van der Waals surface area contributed by atoms with E-state index >= 15 is 0 Å². The van der Waals surface area contributed by atoms with Crippen LogP contribution in [0.4, 0.5) is 11.4 Å². The van der Waals surface area contributed by atoms with Crippen molar-refractivity contribution in [2.75, 3.05) is 65.1 Å². The summed E-state index contributed by atoms with van der Waals surface area (Å²) in [6.45, 7) is 2.85. The second kappa shape index (κ2) is 8.76. The number of methoxy groups -OCH3 is 1. The van der Waals surface area contributed by atoms with Gasteiger partial charge in [-0.2, -0.15) is 0 Å². The molecule has 6 heteroatoms. The molecular weight excluding hydrogens is 366 g/mol. The summed E-state index contributed by atoms with van der Waals surface area (Å²) < 4.78 is 5.96. The molecule has 6 nitrogen and oxygen atoms in total. The number of ketones is 2. The molecule has 3 rings (SSSR count). The third-order valence-corrected chi connectivity index (χ3v) is 5.02. The van der Waals surface area contributed by atoms with Gasteiger partial charge in [0.15, 0.2) is 11.6 Å². The number of fused-ring (bicyclic) bond motifs is 2. The number of anilines is 2. The van der Waals surface area contributed by atoms with Gasteiger partial charge in [0.1, 0.15) is 0 Å². The Labute approximate surface area is 172 Å². The van der Waals surface area contributed by atoms with E-state index < -0.39 is 0 Å². The van der Waals surface area contributed by atoms with Crippen LogP contribution in [-0.2, 0) is 4.74 Å². The summed E-state index contributed by atoms with van der Waals surface area (Å²) in [6, 6.07) is 10.8. The van der Waals surface area contributed by atoms with Gasteiger partial charge in [0.2, 0.25) is 0 Å². The number of rotatable bonds is 9. The fourth-order valence-corrected chi connectivity index (χ4v) is 3.60. The van der Waals surface area contributed by atoms with Crippen LogP contribution < -0.4 is 10.6 Å². The van der Waals surface area contributed by atoms with Gasteiger partial charge in [-0.15, -0.1) is 0 Å². The number of hydrogen-bond acceptors (Lipinski definition) is 5. The highest BCUT2D eigenvalue weighted by Crippen LogP contribution is 2.35. The van der Waals surface area contributed by atoms with Crippen LogP contribution in [0.15, 0.2) is 36.4 Å². The first-order valence-electron chi connectivity index (χ1n) is 9.96. The maximum absolute atomic E-state index is 13.3. The van der Waals surface area contributed by atoms with E-state index in [2.05, 4.69) is 31.8 Å². The number of hydrogen-bond donors (Lipinski definition) is 2. The third kappa shape index (κ3) is 4.66. The summed E-state index contributed by atoms with van der Waals surface area (Å²) in [6.07, 6.45) is 0.972. The summed E-state index contributed by atoms with van der Waals surface area (Å²) in [7, 11) is 8.09. The van der Waals surface area contributed by atoms with E-state index in [1.165, 1.54) is 0 Å². The molecular formula is C23H30N3O3+. The topological polar surface area (TPSA) is 67.4 Å². The normalized spacial score (nSPS) is 13.1. The Hall–Kier alpha value is -2.70. The van der Waals surface area contributed by atoms with Crippen LogP contribution in [0, 0.1) is 0 Å². The maximum Gasteiger partial charge on any atom is 0.196 e. The van der Waals surface area contributed by atoms with Gasteiger partial charge in [-0.1, -0.05) is 24.3 Å². The summed E-state index contributed by atoms with van der Waals surface area (Å²) in [5.74, 6) is -0.232. The fourth-order valence-electron chi connectivity index (χ4n) is 3.60. The Morgan fingerprint density at radius 3 is 1.83 bits per heavy atom. The number of ether oxygens (including phenoxy) is 1. The number of carbonyl (C=O) groups excluding carboxylic acids is 2. The highest BCUT2D eigenvalue weighted by molar-refractivity contribution is 6.31. The van der Waals surface area contributed by atoms with Gasteiger partial charge >= 0.3 is 0 Å². The predicted molar refractivity (Wildman–Crippen MR) is 116 cm³/mol. The molecule has 0 saturated heterocycles. The van der Waals surface area contributed by atoms with Crippen LogP contribution in [0.2, 0.25) is 0 Å². The van der Waals surface area contributed by atoms with Crippen molar-refractivity contribution >= 4 is 22.9 Å². The molecule has 0 unspecified atom stereocenters. The van der Waals surface area contributed by atoms with E-state index in [4.69, 9.17) is 4.74 Å². The number of carbonyl (C=O) groups is 2. The number of benzene rings is 2. The summed E-state index contributed by atoms with van der Waals surface area (Å²) >= 11 is 0. The van der Waals surface area contributed by atoms with E-state index in [1.807, 2.05) is 18.2 Å². The monoisotopic (exact) mass is 396 g/mol. The molecule has 2 N–H and O–H groups in total. The van der Waals surface area contributed by atoms with Crippen molar-refractivity contribution in [2.45, 2.75) is 6.42 Å². The minimum absolute atomic E-state index is 0.111. The third-order valence-electron chi connectivity index (χ3n) is 5.02. The molecule has 0 bridgehead atoms. The lowest BCUT2D eigenvalue weighted by Crippen LogP contribution is -2.36. The smallest absolute Gasteiger partial charge is 0.196 e. The molecule has 0 aromatic heterocycles. The van der Waals surface area contributed by atoms with Gasteiger partial charge in [-0.3, -0.25) is 9.59 Å². The van der Waals surface area contributed by atoms with Crippen molar-refractivity contribution < 1.29 is 18.8 Å². The summed E-state index contributed by atoms with van der Waals surface area (Å²) in [5.41, 5.74) is 3.23. The van der Waals surface area contributed by atoms with E-state index in [1.54, 1.807) is 25.3 Å². The highest BCUT2D eigenvalue weighted by Gasteiger charge is 2.33. The summed E-state index contributed by atoms with van der Waals surface area (Å²) in [5, 5.41) is 6.58. The zero-order valence-corrected chi connectivity index (χ0v) is 17.7. The molecule has 29 heavy (non-hydrogen) atoms. The lowest BCUT2D eigenvalue weighted by molar-refractivity contribution is -0.870. The largest absolute Gasteiger partial charge is 0.384 e. The van der Waals surface area contributed by atoms with Crippen LogP contribution in [-0.4, -0.2) is 70.5 Å². The molecule has 2 aromatic carbocycles. The standard InChI is InChI=1S/C23H29N3O3/c1-26(2,3)14-7-12-24-18-10-5-8-16-20(18)22(27)17-9-6-11-19(21(17)23(16)28)25-13-15-29-4/h5-6,8-11H,7,12-15H2,1-4H3,(H-,24,25,27,28)/p+1. The molecule has 0 fully saturated rings. The average Bonchev–Trinajstić information content (AvgIpc) is 2.68. The molecule has 154 valence electrons. The fraction of sp³-hybridized carbons (Fsp3) is 0.391. The Kier molecular flexibility index (Phi) is 6.35. The molecule has 0 amide bonds. The SMILES string of the molecule is COCCNc1cccc2c1C(=O)c1cccc(NCCC[N+](C)(C)C)c1C2=O. The molecule has 0 saturated carbocycles. The van der Waals surface area contributed by atoms with E-state index in [-0.39, 0.29) is 11.6 Å². The number of nitrogens with zero attached hydrogens (tertiary/aromatic N) is 1. The van der Waals surface area contributed by atoms with Crippen molar-refractivity contribution in [1.82, 2.24) is 0 Å². The number of quaternary nitrogens is 1. The van der Waals surface area contributed by atoms with Gasteiger partial charge in [0.05, 0.1) is 45.4 Å². The first kappa shape index (κ1) is 21.0. The van der Waals surface area contributed by atoms with Crippen LogP contribution in [0.3, 0.4) is 0 Å². The second-order valence-electron chi connectivity index (χ2n) is 8.33. The zero-order chi connectivity index (χ0) is 21.0. The van der Waals surface area contributed by atoms with Gasteiger partial charge in [-0.25, -0.2) is 0 Å². The number of nitrogens with one attached hydrogen (secondary N) is 2. The Morgan fingerprint density at radius 2 is 1.34 bits per heavy atom. The maximum atomic E-state index is 13.3. The quantitative estimate of drug-likeness (QED) is 0.430. The van der Waals surface area contributed by atoms with Gasteiger partial charge in [0.25, 0.3) is 0 Å².